The number of nitriles is 1. The number of nitrogens with two attached hydrogens (primary N) is 2. The minimum absolute atomic E-state index is 0.0904. The highest BCUT2D eigenvalue weighted by Gasteiger charge is 2.49. The molecule has 0 bridgehead atoms. The number of thiophene rings is 1. The van der Waals surface area contributed by atoms with Gasteiger partial charge in [0.1, 0.15) is 58.1 Å². The highest BCUT2D eigenvalue weighted by atomic mass is 32.1. The van der Waals surface area contributed by atoms with Crippen molar-refractivity contribution in [1.29, 1.82) is 5.26 Å². The molecular weight excluding hydrogens is 785 g/mol. The molecule has 3 aromatic heterocycles. The number of nitrogen functional groups attached to an aromatic ring is 2. The molecule has 6 N–H and O–H groups in total. The number of hydrogen-bond acceptors (Lipinski definition) is 12. The largest absolute Gasteiger partial charge is 0.506 e. The van der Waals surface area contributed by atoms with Gasteiger partial charge in [-0.15, -0.1) is 11.3 Å². The topological polar surface area (TPSA) is 162 Å². The Morgan fingerprint density at radius 1 is 1.14 bits per heavy atom. The van der Waals surface area contributed by atoms with E-state index in [0.717, 1.165) is 44.5 Å². The number of pyridine rings is 1. The van der Waals surface area contributed by atoms with Crippen LogP contribution in [0.15, 0.2) is 30.5 Å². The molecule has 0 amide bonds. The van der Waals surface area contributed by atoms with E-state index in [4.69, 9.17) is 16.2 Å². The fourth-order valence-electron chi connectivity index (χ4n) is 9.10. The molecule has 306 valence electrons. The van der Waals surface area contributed by atoms with Crippen LogP contribution in [-0.2, 0) is 6.18 Å². The zero-order chi connectivity index (χ0) is 41.1. The number of rotatable bonds is 10. The van der Waals surface area contributed by atoms with E-state index >= 15 is 22.0 Å². The summed E-state index contributed by atoms with van der Waals surface area (Å²) < 4.78 is 99.1. The van der Waals surface area contributed by atoms with Gasteiger partial charge in [-0.1, -0.05) is 12.1 Å². The van der Waals surface area contributed by atoms with Crippen molar-refractivity contribution in [3.63, 3.8) is 0 Å². The van der Waals surface area contributed by atoms with Crippen LogP contribution in [0.3, 0.4) is 0 Å². The van der Waals surface area contributed by atoms with Crippen LogP contribution in [0.25, 0.3) is 32.1 Å². The first-order valence-corrected chi connectivity index (χ1v) is 19.9. The summed E-state index contributed by atoms with van der Waals surface area (Å²) in [6.07, 6.45) is -0.418. The lowest BCUT2D eigenvalue weighted by Gasteiger charge is -2.31. The number of piperidine rings is 1. The van der Waals surface area contributed by atoms with Crippen LogP contribution in [0.1, 0.15) is 67.7 Å². The summed E-state index contributed by atoms with van der Waals surface area (Å²) in [4.78, 5) is 17.2. The molecule has 58 heavy (non-hydrogen) atoms. The highest BCUT2D eigenvalue weighted by Crippen LogP contribution is 2.52. The smallest absolute Gasteiger partial charge is 0.420 e. The molecule has 18 heteroatoms. The Balaban J connectivity index is 1.33. The van der Waals surface area contributed by atoms with E-state index in [2.05, 4.69) is 25.2 Å². The summed E-state index contributed by atoms with van der Waals surface area (Å²) in [5, 5.41) is 23.7. The summed E-state index contributed by atoms with van der Waals surface area (Å²) in [6.45, 7) is 2.59. The molecule has 0 unspecified atom stereocenters. The Labute approximate surface area is 333 Å². The van der Waals surface area contributed by atoms with Gasteiger partial charge in [-0.25, -0.2) is 18.2 Å². The van der Waals surface area contributed by atoms with Crippen LogP contribution in [0, 0.1) is 28.9 Å². The quantitative estimate of drug-likeness (QED) is 0.101. The first kappa shape index (κ1) is 39.7. The molecule has 3 fully saturated rings. The third kappa shape index (κ3) is 7.06. The Hall–Kier alpha value is -5.12. The second-order valence-electron chi connectivity index (χ2n) is 15.6. The highest BCUT2D eigenvalue weighted by molar-refractivity contribution is 7.23. The number of aromatic nitrogens is 3. The SMILES string of the molecule is CN1CCC(CC[C@@H](Nc2nc(OC[C@@]34CCCN3C[C@H](F)C4)nc3c(F)c(-c4ccc(F)c5sc(N)c(C#N)c45)c(C(F)(F)F)c(O)c23)c2cccnc2N)CC1. The number of nitrogens with zero attached hydrogens (tertiary/aromatic N) is 6. The molecule has 3 atom stereocenters. The standard InChI is InChI=1S/C40H41F6N9O2S/c1-54-14-9-20(10-15-54)5-8-26(22-4-2-12-50-35(22)48)51-37-29-32(52-38(53-37)57-19-39-11-3-13-55(39)18-21(41)16-39)31(43)28(30(33(29)56)40(44,45)46)23-6-7-25(42)34-27(23)24(17-47)36(49)58-34/h2,4,6-7,12,20-21,26,56H,3,5,8-11,13-16,18-19,49H2,1H3,(H2,48,50)(H,51,52,53)/t21-,26-,39+/m1/s1. The van der Waals surface area contributed by atoms with Gasteiger partial charge in [-0.3, -0.25) is 4.90 Å². The second-order valence-corrected chi connectivity index (χ2v) is 16.7. The minimum atomic E-state index is -5.40. The van der Waals surface area contributed by atoms with Crippen molar-refractivity contribution in [2.75, 3.05) is 56.6 Å². The van der Waals surface area contributed by atoms with Crippen molar-refractivity contribution in [3.05, 3.63) is 58.8 Å². The summed E-state index contributed by atoms with van der Waals surface area (Å²) >= 11 is 0.627. The summed E-state index contributed by atoms with van der Waals surface area (Å²) in [6, 6.07) is 5.77. The molecule has 5 aromatic rings. The van der Waals surface area contributed by atoms with Crippen molar-refractivity contribution in [3.8, 4) is 29.0 Å². The molecule has 3 aliphatic heterocycles. The fourth-order valence-corrected chi connectivity index (χ4v) is 10.0. The molecule has 2 aromatic carbocycles. The van der Waals surface area contributed by atoms with Crippen molar-refractivity contribution in [1.82, 2.24) is 24.8 Å². The number of hydrogen-bond donors (Lipinski definition) is 4. The van der Waals surface area contributed by atoms with Crippen molar-refractivity contribution in [2.24, 2.45) is 5.92 Å². The first-order chi connectivity index (χ1) is 27.7. The van der Waals surface area contributed by atoms with Crippen molar-refractivity contribution in [2.45, 2.75) is 68.9 Å². The van der Waals surface area contributed by atoms with Gasteiger partial charge in [-0.05, 0) is 88.8 Å². The number of phenolic OH excluding ortho intramolecular Hbond substituents is 1. The molecule has 8 rings (SSSR count). The molecule has 3 saturated heterocycles. The van der Waals surface area contributed by atoms with E-state index in [1.165, 1.54) is 6.20 Å². The number of benzene rings is 2. The molecule has 0 spiro atoms. The Morgan fingerprint density at radius 3 is 2.64 bits per heavy atom. The Morgan fingerprint density at radius 2 is 1.91 bits per heavy atom. The number of likely N-dealkylation sites (tertiary alicyclic amines) is 1. The lowest BCUT2D eigenvalue weighted by atomic mass is 9.89. The molecule has 0 aliphatic carbocycles. The zero-order valence-corrected chi connectivity index (χ0v) is 32.3. The summed E-state index contributed by atoms with van der Waals surface area (Å²) in [5.74, 6) is -3.71. The molecule has 6 heterocycles. The van der Waals surface area contributed by atoms with Gasteiger partial charge in [0, 0.05) is 35.7 Å². The maximum Gasteiger partial charge on any atom is 0.420 e. The minimum Gasteiger partial charge on any atom is -0.506 e. The maximum atomic E-state index is 17.4. The van der Waals surface area contributed by atoms with Gasteiger partial charge in [-0.2, -0.15) is 28.4 Å². The van der Waals surface area contributed by atoms with Gasteiger partial charge in [0.2, 0.25) is 0 Å². The van der Waals surface area contributed by atoms with Crippen LogP contribution in [0.4, 0.5) is 43.0 Å². The third-order valence-corrected chi connectivity index (χ3v) is 13.0. The number of halogens is 6. The van der Waals surface area contributed by atoms with E-state index in [0.29, 0.717) is 48.6 Å². The van der Waals surface area contributed by atoms with Gasteiger partial charge < -0.3 is 31.5 Å². The average molecular weight is 826 g/mol. The third-order valence-electron chi connectivity index (χ3n) is 12.0. The summed E-state index contributed by atoms with van der Waals surface area (Å²) in [5.41, 5.74) is 7.59. The number of ether oxygens (including phenoxy) is 1. The van der Waals surface area contributed by atoms with E-state index in [-0.39, 0.29) is 51.9 Å². The Bertz CT molecular complexity index is 2430. The molecule has 11 nitrogen and oxygen atoms in total. The molecule has 0 saturated carbocycles. The summed E-state index contributed by atoms with van der Waals surface area (Å²) in [7, 11) is 2.05. The number of phenols is 1. The maximum absolute atomic E-state index is 17.4. The average Bonchev–Trinajstić information content (AvgIpc) is 3.83. The van der Waals surface area contributed by atoms with E-state index in [1.54, 1.807) is 18.2 Å². The van der Waals surface area contributed by atoms with Crippen LogP contribution >= 0.6 is 11.3 Å². The van der Waals surface area contributed by atoms with Crippen LogP contribution in [0.5, 0.6) is 11.8 Å². The van der Waals surface area contributed by atoms with Gasteiger partial charge in [0.25, 0.3) is 0 Å². The van der Waals surface area contributed by atoms with E-state index < -0.39 is 74.9 Å². The van der Waals surface area contributed by atoms with Crippen LogP contribution < -0.4 is 21.5 Å². The van der Waals surface area contributed by atoms with Gasteiger partial charge >= 0.3 is 12.2 Å². The zero-order valence-electron chi connectivity index (χ0n) is 31.5. The molecular formula is C40H41F6N9O2S. The van der Waals surface area contributed by atoms with Crippen LogP contribution in [-0.4, -0.2) is 81.4 Å². The monoisotopic (exact) mass is 825 g/mol. The van der Waals surface area contributed by atoms with E-state index in [1.807, 2.05) is 11.9 Å². The van der Waals surface area contributed by atoms with Crippen molar-refractivity contribution < 1.29 is 36.2 Å². The number of nitrogens with one attached hydrogen (secondary N) is 1. The molecule has 0 radical (unpaired) electrons. The number of alkyl halides is 4. The van der Waals surface area contributed by atoms with Gasteiger partial charge in [0.15, 0.2) is 5.82 Å². The Kier molecular flexibility index (Phi) is 10.4. The normalized spacial score (nSPS) is 21.1. The lowest BCUT2D eigenvalue weighted by Crippen LogP contribution is -2.43. The van der Waals surface area contributed by atoms with Crippen LogP contribution in [0.2, 0.25) is 0 Å². The fraction of sp³-hybridized carbons (Fsp3) is 0.450. The predicted molar refractivity (Wildman–Crippen MR) is 209 cm³/mol. The number of fused-ring (bicyclic) bond motifs is 3. The van der Waals surface area contributed by atoms with Gasteiger partial charge in [0.05, 0.1) is 27.2 Å². The number of aromatic hydroxyl groups is 1. The lowest BCUT2D eigenvalue weighted by molar-refractivity contribution is -0.138. The molecule has 3 aliphatic rings. The number of anilines is 3. The predicted octanol–water partition coefficient (Wildman–Crippen LogP) is 8.18. The van der Waals surface area contributed by atoms with Crippen molar-refractivity contribution >= 4 is 49.0 Å². The van der Waals surface area contributed by atoms with E-state index in [9.17, 15) is 14.8 Å². The second kappa shape index (κ2) is 15.2. The first-order valence-electron chi connectivity index (χ1n) is 19.1.